The number of carbonyl (C=O) groups excluding carboxylic acids is 1. The van der Waals surface area contributed by atoms with Crippen LogP contribution in [0.3, 0.4) is 0 Å². The predicted molar refractivity (Wildman–Crippen MR) is 108 cm³/mol. The van der Waals surface area contributed by atoms with E-state index in [4.69, 9.17) is 10.00 Å². The van der Waals surface area contributed by atoms with Crippen molar-refractivity contribution in [2.45, 2.75) is 26.3 Å². The van der Waals surface area contributed by atoms with Crippen LogP contribution in [0.4, 0.5) is 0 Å². The summed E-state index contributed by atoms with van der Waals surface area (Å²) < 4.78 is 4.83. The maximum Gasteiger partial charge on any atom is 0.308 e. The van der Waals surface area contributed by atoms with Crippen molar-refractivity contribution in [2.75, 3.05) is 26.7 Å². The summed E-state index contributed by atoms with van der Waals surface area (Å²) in [7, 11) is 1.44. The number of hydrogen-bond acceptors (Lipinski definition) is 4. The Balaban J connectivity index is 0.00000312. The normalized spacial score (nSPS) is 15.1. The second kappa shape index (κ2) is 10.9. The number of hydrogen-bond donors (Lipinski definition) is 1. The zero-order valence-electron chi connectivity index (χ0n) is 14.7. The third-order valence-electron chi connectivity index (χ3n) is 4.16. The number of rotatable bonds is 4. The molecule has 0 aromatic heterocycles. The van der Waals surface area contributed by atoms with Crippen molar-refractivity contribution >= 4 is 35.9 Å². The number of benzene rings is 1. The first-order valence-electron chi connectivity index (χ1n) is 8.28. The van der Waals surface area contributed by atoms with Crippen LogP contribution >= 0.6 is 24.0 Å². The molecule has 1 saturated heterocycles. The molecule has 6 nitrogen and oxygen atoms in total. The second-order valence-corrected chi connectivity index (χ2v) is 5.76. The number of guanidine groups is 1. The van der Waals surface area contributed by atoms with Crippen LogP contribution in [0.5, 0.6) is 0 Å². The largest absolute Gasteiger partial charge is 0.469 e. The summed E-state index contributed by atoms with van der Waals surface area (Å²) in [6, 6.07) is 9.58. The average molecular weight is 456 g/mol. The van der Waals surface area contributed by atoms with Gasteiger partial charge in [-0.3, -0.25) is 4.79 Å². The van der Waals surface area contributed by atoms with Gasteiger partial charge in [-0.1, -0.05) is 12.1 Å². The van der Waals surface area contributed by atoms with E-state index in [9.17, 15) is 4.79 Å². The van der Waals surface area contributed by atoms with Crippen molar-refractivity contribution < 1.29 is 9.53 Å². The van der Waals surface area contributed by atoms with E-state index in [1.54, 1.807) is 12.1 Å². The summed E-state index contributed by atoms with van der Waals surface area (Å²) >= 11 is 0. The molecule has 0 bridgehead atoms. The highest BCUT2D eigenvalue weighted by Crippen LogP contribution is 2.18. The molecule has 25 heavy (non-hydrogen) atoms. The first kappa shape index (κ1) is 21.2. The number of esters is 1. The van der Waals surface area contributed by atoms with Crippen LogP contribution in [0, 0.1) is 17.2 Å². The van der Waals surface area contributed by atoms with Gasteiger partial charge in [-0.05, 0) is 37.5 Å². The van der Waals surface area contributed by atoms with E-state index in [0.717, 1.165) is 44.0 Å². The van der Waals surface area contributed by atoms with Crippen molar-refractivity contribution in [3.63, 3.8) is 0 Å². The van der Waals surface area contributed by atoms with E-state index in [2.05, 4.69) is 21.3 Å². The van der Waals surface area contributed by atoms with Gasteiger partial charge in [0.1, 0.15) is 0 Å². The average Bonchev–Trinajstić information content (AvgIpc) is 2.65. The fourth-order valence-corrected chi connectivity index (χ4v) is 2.77. The molecule has 1 heterocycles. The maximum absolute atomic E-state index is 11.6. The molecule has 7 heteroatoms. The van der Waals surface area contributed by atoms with Crippen LogP contribution in [0.2, 0.25) is 0 Å². The topological polar surface area (TPSA) is 77.7 Å². The molecular weight excluding hydrogens is 431 g/mol. The van der Waals surface area contributed by atoms with Crippen molar-refractivity contribution in [2.24, 2.45) is 10.9 Å². The molecule has 1 aliphatic rings. The summed E-state index contributed by atoms with van der Waals surface area (Å²) in [6.45, 7) is 4.98. The highest BCUT2D eigenvalue weighted by atomic mass is 127. The summed E-state index contributed by atoms with van der Waals surface area (Å²) in [4.78, 5) is 18.5. The van der Waals surface area contributed by atoms with Crippen LogP contribution < -0.4 is 5.32 Å². The Morgan fingerprint density at radius 2 is 2.00 bits per heavy atom. The van der Waals surface area contributed by atoms with Crippen LogP contribution in [0.15, 0.2) is 29.3 Å². The Kier molecular flexibility index (Phi) is 9.27. The van der Waals surface area contributed by atoms with Crippen LogP contribution in [-0.2, 0) is 16.1 Å². The minimum Gasteiger partial charge on any atom is -0.469 e. The highest BCUT2D eigenvalue weighted by molar-refractivity contribution is 14.0. The number of nitrogens with zero attached hydrogens (tertiary/aromatic N) is 3. The van der Waals surface area contributed by atoms with E-state index in [-0.39, 0.29) is 35.9 Å². The lowest BCUT2D eigenvalue weighted by Crippen LogP contribution is -2.46. The number of carbonyl (C=O) groups is 1. The molecule has 1 aromatic rings. The Bertz CT molecular complexity index is 617. The van der Waals surface area contributed by atoms with Gasteiger partial charge in [-0.2, -0.15) is 5.26 Å². The van der Waals surface area contributed by atoms with E-state index < -0.39 is 0 Å². The Morgan fingerprint density at radius 1 is 1.36 bits per heavy atom. The molecule has 136 valence electrons. The van der Waals surface area contributed by atoms with Crippen LogP contribution in [0.1, 0.15) is 30.9 Å². The number of nitriles is 1. The lowest BCUT2D eigenvalue weighted by molar-refractivity contribution is -0.146. The second-order valence-electron chi connectivity index (χ2n) is 5.76. The van der Waals surface area contributed by atoms with Crippen molar-refractivity contribution in [1.29, 1.82) is 5.26 Å². The molecule has 0 atom stereocenters. The number of ether oxygens (including phenoxy) is 1. The number of methoxy groups -OCH3 is 1. The fourth-order valence-electron chi connectivity index (χ4n) is 2.77. The molecule has 0 amide bonds. The first-order valence-corrected chi connectivity index (χ1v) is 8.28. The third kappa shape index (κ3) is 6.20. The van der Waals surface area contributed by atoms with Gasteiger partial charge in [-0.15, -0.1) is 24.0 Å². The zero-order valence-corrected chi connectivity index (χ0v) is 17.0. The molecule has 0 aliphatic carbocycles. The zero-order chi connectivity index (χ0) is 17.4. The molecule has 1 aliphatic heterocycles. The van der Waals surface area contributed by atoms with Crippen molar-refractivity contribution in [3.8, 4) is 6.07 Å². The van der Waals surface area contributed by atoms with Crippen molar-refractivity contribution in [1.82, 2.24) is 10.2 Å². The molecule has 1 fully saturated rings. The summed E-state index contributed by atoms with van der Waals surface area (Å²) in [5.74, 6) is 0.743. The lowest BCUT2D eigenvalue weighted by atomic mass is 9.97. The van der Waals surface area contributed by atoms with E-state index in [1.807, 2.05) is 19.1 Å². The van der Waals surface area contributed by atoms with Gasteiger partial charge >= 0.3 is 5.97 Å². The number of halogens is 1. The van der Waals surface area contributed by atoms with Crippen LogP contribution in [-0.4, -0.2) is 43.6 Å². The smallest absolute Gasteiger partial charge is 0.308 e. The molecular formula is C18H25IN4O2. The van der Waals surface area contributed by atoms with Gasteiger partial charge in [0, 0.05) is 19.6 Å². The number of likely N-dealkylation sites (tertiary alicyclic amines) is 1. The predicted octanol–water partition coefficient (Wildman–Crippen LogP) is 2.53. The minimum absolute atomic E-state index is 0. The molecule has 1 N–H and O–H groups in total. The standard InChI is InChI=1S/C18H24N4O2.HI/c1-3-20-18(21-13-15-6-4-14(12-19)5-7-15)22-10-8-16(9-11-22)17(23)24-2;/h4-7,16H,3,8-11,13H2,1-2H3,(H,20,21);1H. The molecule has 0 spiro atoms. The SMILES string of the molecule is CCNC(=NCc1ccc(C#N)cc1)N1CCC(C(=O)OC)CC1.I. The number of nitrogens with one attached hydrogen (secondary N) is 1. The maximum atomic E-state index is 11.6. The Hall–Kier alpha value is -1.82. The van der Waals surface area contributed by atoms with E-state index in [1.165, 1.54) is 7.11 Å². The van der Waals surface area contributed by atoms with Gasteiger partial charge in [0.2, 0.25) is 0 Å². The molecule has 1 aromatic carbocycles. The summed E-state index contributed by atoms with van der Waals surface area (Å²) in [5.41, 5.74) is 1.72. The quantitative estimate of drug-likeness (QED) is 0.326. The van der Waals surface area contributed by atoms with E-state index >= 15 is 0 Å². The van der Waals surface area contributed by atoms with Crippen molar-refractivity contribution in [3.05, 3.63) is 35.4 Å². The van der Waals surface area contributed by atoms with E-state index in [0.29, 0.717) is 12.1 Å². The van der Waals surface area contributed by atoms with Gasteiger partial charge < -0.3 is 15.0 Å². The molecule has 2 rings (SSSR count). The lowest BCUT2D eigenvalue weighted by Gasteiger charge is -2.33. The number of aliphatic imine (C=N–C) groups is 1. The summed E-state index contributed by atoms with van der Waals surface area (Å²) in [5, 5.41) is 12.1. The minimum atomic E-state index is -0.117. The van der Waals surface area contributed by atoms with Gasteiger partial charge in [0.05, 0.1) is 31.2 Å². The molecule has 0 saturated carbocycles. The monoisotopic (exact) mass is 456 g/mol. The highest BCUT2D eigenvalue weighted by Gasteiger charge is 2.26. The number of piperidine rings is 1. The fraction of sp³-hybridized carbons (Fsp3) is 0.500. The van der Waals surface area contributed by atoms with Gasteiger partial charge in [0.15, 0.2) is 5.96 Å². The molecule has 0 unspecified atom stereocenters. The Labute approximate surface area is 166 Å². The van der Waals surface area contributed by atoms with Crippen LogP contribution in [0.25, 0.3) is 0 Å². The Morgan fingerprint density at radius 3 is 2.52 bits per heavy atom. The summed E-state index contributed by atoms with van der Waals surface area (Å²) in [6.07, 6.45) is 1.57. The van der Waals surface area contributed by atoms with Gasteiger partial charge in [-0.25, -0.2) is 4.99 Å². The molecule has 0 radical (unpaired) electrons. The third-order valence-corrected chi connectivity index (χ3v) is 4.16. The first-order chi connectivity index (χ1) is 11.7. The van der Waals surface area contributed by atoms with Gasteiger partial charge in [0.25, 0.3) is 0 Å².